The summed E-state index contributed by atoms with van der Waals surface area (Å²) in [6.07, 6.45) is 8.78. The number of carbonyl (C=O) groups excluding carboxylic acids is 1. The molecule has 0 unspecified atom stereocenters. The largest absolute Gasteiger partial charge is 0.495 e. The van der Waals surface area contributed by atoms with Gasteiger partial charge in [-0.2, -0.15) is 0 Å². The van der Waals surface area contributed by atoms with Gasteiger partial charge in [-0.15, -0.1) is 0 Å². The van der Waals surface area contributed by atoms with Crippen molar-refractivity contribution in [2.24, 2.45) is 0 Å². The molecule has 0 atom stereocenters. The molecule has 3 aromatic heterocycles. The van der Waals surface area contributed by atoms with Gasteiger partial charge in [-0.25, -0.2) is 24.9 Å². The number of hydrogen-bond acceptors (Lipinski definition) is 10. The molecule has 2 N–H and O–H groups in total. The normalized spacial score (nSPS) is 12.8. The zero-order chi connectivity index (χ0) is 28.9. The SMILES string of the molecule is CCNC(=O)c1cc(OC)c(Cl)c(Nc2ncncc2-c2cc(N(C)c3ccc(N4CCCC4)cn3)ncn2)c1Cl. The summed E-state index contributed by atoms with van der Waals surface area (Å²) >= 11 is 13.3. The topological polar surface area (TPSA) is 121 Å². The Kier molecular flexibility index (Phi) is 8.65. The number of nitrogens with zero attached hydrogens (tertiary/aromatic N) is 7. The van der Waals surface area contributed by atoms with Gasteiger partial charge in [0.25, 0.3) is 5.91 Å². The predicted octanol–water partition coefficient (Wildman–Crippen LogP) is 5.51. The first-order chi connectivity index (χ1) is 19.9. The van der Waals surface area contributed by atoms with E-state index in [-0.39, 0.29) is 33.0 Å². The van der Waals surface area contributed by atoms with E-state index < -0.39 is 0 Å². The maximum Gasteiger partial charge on any atom is 0.253 e. The Morgan fingerprint density at radius 3 is 2.54 bits per heavy atom. The minimum atomic E-state index is -0.357. The number of hydrogen-bond donors (Lipinski definition) is 2. The number of aromatic nitrogens is 5. The van der Waals surface area contributed by atoms with Crippen LogP contribution in [-0.4, -0.2) is 64.6 Å². The number of benzene rings is 1. The second kappa shape index (κ2) is 12.5. The molecule has 11 nitrogen and oxygen atoms in total. The van der Waals surface area contributed by atoms with Crippen LogP contribution < -0.4 is 25.2 Å². The molecule has 0 bridgehead atoms. The third-order valence-electron chi connectivity index (χ3n) is 6.74. The van der Waals surface area contributed by atoms with Crippen molar-refractivity contribution >= 4 is 57.9 Å². The van der Waals surface area contributed by atoms with Gasteiger partial charge in [-0.05, 0) is 38.0 Å². The van der Waals surface area contributed by atoms with E-state index in [4.69, 9.17) is 27.9 Å². The Hall–Kier alpha value is -4.22. The number of carbonyl (C=O) groups is 1. The van der Waals surface area contributed by atoms with E-state index in [1.165, 1.54) is 38.7 Å². The van der Waals surface area contributed by atoms with Gasteiger partial charge in [0, 0.05) is 38.9 Å². The molecule has 0 spiro atoms. The molecule has 0 saturated carbocycles. The molecule has 41 heavy (non-hydrogen) atoms. The van der Waals surface area contributed by atoms with Crippen LogP contribution in [0.3, 0.4) is 0 Å². The Morgan fingerprint density at radius 2 is 1.83 bits per heavy atom. The number of anilines is 5. The lowest BCUT2D eigenvalue weighted by Gasteiger charge is -2.21. The Labute approximate surface area is 247 Å². The number of rotatable bonds is 9. The molecule has 5 rings (SSSR count). The molecule has 1 aliphatic heterocycles. The van der Waals surface area contributed by atoms with E-state index >= 15 is 0 Å². The highest BCUT2D eigenvalue weighted by molar-refractivity contribution is 6.42. The van der Waals surface area contributed by atoms with Crippen LogP contribution in [0.15, 0.2) is 49.3 Å². The Balaban J connectivity index is 1.46. The number of nitrogens with one attached hydrogen (secondary N) is 2. The average molecular weight is 595 g/mol. The van der Waals surface area contributed by atoms with Gasteiger partial charge in [0.2, 0.25) is 0 Å². The van der Waals surface area contributed by atoms with Crippen LogP contribution in [0.1, 0.15) is 30.1 Å². The van der Waals surface area contributed by atoms with Gasteiger partial charge in [0.15, 0.2) is 0 Å². The van der Waals surface area contributed by atoms with Crippen LogP contribution in [0.5, 0.6) is 5.75 Å². The summed E-state index contributed by atoms with van der Waals surface area (Å²) < 4.78 is 5.40. The maximum absolute atomic E-state index is 12.7. The van der Waals surface area contributed by atoms with Crippen LogP contribution in [0.4, 0.5) is 28.8 Å². The number of halogens is 2. The van der Waals surface area contributed by atoms with Crippen molar-refractivity contribution in [3.05, 3.63) is 64.9 Å². The molecule has 0 aliphatic carbocycles. The Morgan fingerprint density at radius 1 is 1.02 bits per heavy atom. The molecule has 1 aliphatic rings. The molecule has 0 radical (unpaired) electrons. The summed E-state index contributed by atoms with van der Waals surface area (Å²) in [5.41, 5.74) is 2.71. The molecule has 1 amide bonds. The number of pyridine rings is 1. The van der Waals surface area contributed by atoms with Crippen LogP contribution in [-0.2, 0) is 0 Å². The fourth-order valence-corrected chi connectivity index (χ4v) is 5.16. The van der Waals surface area contributed by atoms with E-state index in [1.54, 1.807) is 6.20 Å². The van der Waals surface area contributed by atoms with Crippen LogP contribution in [0, 0.1) is 0 Å². The highest BCUT2D eigenvalue weighted by atomic mass is 35.5. The Bertz CT molecular complexity index is 1550. The van der Waals surface area contributed by atoms with E-state index in [2.05, 4.69) is 46.5 Å². The summed E-state index contributed by atoms with van der Waals surface area (Å²) in [5.74, 6) is 1.67. The highest BCUT2D eigenvalue weighted by Crippen LogP contribution is 2.43. The molecule has 1 saturated heterocycles. The maximum atomic E-state index is 12.7. The lowest BCUT2D eigenvalue weighted by molar-refractivity contribution is 0.0955. The van der Waals surface area contributed by atoms with E-state index in [9.17, 15) is 4.79 Å². The predicted molar refractivity (Wildman–Crippen MR) is 161 cm³/mol. The molecule has 13 heteroatoms. The highest BCUT2D eigenvalue weighted by Gasteiger charge is 2.23. The van der Waals surface area contributed by atoms with Gasteiger partial charge < -0.3 is 25.2 Å². The van der Waals surface area contributed by atoms with Gasteiger partial charge in [0.05, 0.1) is 46.5 Å². The fraction of sp³-hybridized carbons (Fsp3) is 0.286. The van der Waals surface area contributed by atoms with Crippen LogP contribution in [0.2, 0.25) is 10.0 Å². The second-order valence-electron chi connectivity index (χ2n) is 9.29. The van der Waals surface area contributed by atoms with Gasteiger partial charge in [-0.3, -0.25) is 4.79 Å². The zero-order valence-electron chi connectivity index (χ0n) is 22.9. The minimum Gasteiger partial charge on any atom is -0.495 e. The summed E-state index contributed by atoms with van der Waals surface area (Å²) in [7, 11) is 3.35. The third-order valence-corrected chi connectivity index (χ3v) is 7.51. The van der Waals surface area contributed by atoms with Crippen LogP contribution >= 0.6 is 23.2 Å². The lowest BCUT2D eigenvalue weighted by atomic mass is 10.1. The molecule has 212 valence electrons. The molecule has 4 aromatic rings. The number of ether oxygens (including phenoxy) is 1. The van der Waals surface area contributed by atoms with Gasteiger partial charge in [0.1, 0.15) is 40.9 Å². The first kappa shape index (κ1) is 28.3. The van der Waals surface area contributed by atoms with E-state index in [0.29, 0.717) is 29.4 Å². The van der Waals surface area contributed by atoms with Crippen molar-refractivity contribution < 1.29 is 9.53 Å². The van der Waals surface area contributed by atoms with Gasteiger partial charge in [-0.1, -0.05) is 23.2 Å². The molecule has 1 fully saturated rings. The zero-order valence-corrected chi connectivity index (χ0v) is 24.4. The van der Waals surface area contributed by atoms with E-state index in [0.717, 1.165) is 24.6 Å². The van der Waals surface area contributed by atoms with E-state index in [1.807, 2.05) is 37.2 Å². The number of amides is 1. The van der Waals surface area contributed by atoms with Crippen molar-refractivity contribution in [3.8, 4) is 17.0 Å². The first-order valence-electron chi connectivity index (χ1n) is 13.1. The number of methoxy groups -OCH3 is 1. The first-order valence-corrected chi connectivity index (χ1v) is 13.8. The summed E-state index contributed by atoms with van der Waals surface area (Å²) in [6, 6.07) is 7.37. The molecular formula is C28H29Cl2N9O2. The van der Waals surface area contributed by atoms with Crippen molar-refractivity contribution in [1.29, 1.82) is 0 Å². The van der Waals surface area contributed by atoms with Crippen molar-refractivity contribution in [1.82, 2.24) is 30.2 Å². The fourth-order valence-electron chi connectivity index (χ4n) is 4.56. The van der Waals surface area contributed by atoms with Gasteiger partial charge >= 0.3 is 0 Å². The molecule has 4 heterocycles. The standard InChI is InChI=1S/C28H29Cl2N9O2/c1-4-32-28(40)18-11-21(41-3)25(30)26(24(18)29)37-27-19(14-31-15-36-27)20-12-23(35-16-34-20)38(2)22-8-7-17(13-33-22)39-9-5-6-10-39/h7-8,11-16H,4-6,9-10H2,1-3H3,(H,32,40)(H,31,36,37). The monoisotopic (exact) mass is 593 g/mol. The third kappa shape index (κ3) is 5.96. The van der Waals surface area contributed by atoms with Crippen molar-refractivity contribution in [2.75, 3.05) is 48.9 Å². The molecular weight excluding hydrogens is 565 g/mol. The quantitative estimate of drug-likeness (QED) is 0.257. The van der Waals surface area contributed by atoms with Crippen molar-refractivity contribution in [2.45, 2.75) is 19.8 Å². The summed E-state index contributed by atoms with van der Waals surface area (Å²) in [4.78, 5) is 39.1. The summed E-state index contributed by atoms with van der Waals surface area (Å²) in [5, 5.41) is 6.23. The smallest absolute Gasteiger partial charge is 0.253 e. The average Bonchev–Trinajstić information content (AvgIpc) is 3.55. The second-order valence-corrected chi connectivity index (χ2v) is 10.0. The summed E-state index contributed by atoms with van der Waals surface area (Å²) in [6.45, 7) is 4.36. The lowest BCUT2D eigenvalue weighted by Crippen LogP contribution is -2.23. The minimum absolute atomic E-state index is 0.123. The van der Waals surface area contributed by atoms with Crippen LogP contribution in [0.25, 0.3) is 11.3 Å². The molecule has 1 aromatic carbocycles. The van der Waals surface area contributed by atoms with Crippen molar-refractivity contribution in [3.63, 3.8) is 0 Å².